The lowest BCUT2D eigenvalue weighted by Gasteiger charge is -2.17. The number of pyridine rings is 1. The molecule has 2 amide bonds. The number of aromatic nitrogens is 1. The third-order valence-corrected chi connectivity index (χ3v) is 4.62. The van der Waals surface area contributed by atoms with Crippen molar-refractivity contribution in [2.45, 2.75) is 20.4 Å². The summed E-state index contributed by atoms with van der Waals surface area (Å²) in [6.07, 6.45) is 2.95. The number of rotatable bonds is 5. The van der Waals surface area contributed by atoms with E-state index in [1.54, 1.807) is 18.0 Å². The van der Waals surface area contributed by atoms with Gasteiger partial charge in [-0.05, 0) is 48.7 Å². The lowest BCUT2D eigenvalue weighted by atomic mass is 10.1. The zero-order valence-corrected chi connectivity index (χ0v) is 16.3. The summed E-state index contributed by atoms with van der Waals surface area (Å²) in [5.74, 6) is -0.478. The number of benzene rings is 2. The molecule has 28 heavy (non-hydrogen) atoms. The Balaban J connectivity index is 1.72. The summed E-state index contributed by atoms with van der Waals surface area (Å²) in [5, 5.41) is 2.86. The largest absolute Gasteiger partial charge is 0.337 e. The number of anilines is 1. The van der Waals surface area contributed by atoms with Crippen molar-refractivity contribution in [2.24, 2.45) is 0 Å². The quantitative estimate of drug-likeness (QED) is 0.728. The molecule has 0 aliphatic rings. The zero-order chi connectivity index (χ0) is 20.1. The lowest BCUT2D eigenvalue weighted by Crippen LogP contribution is -2.26. The van der Waals surface area contributed by atoms with Crippen LogP contribution < -0.4 is 5.32 Å². The second-order valence-electron chi connectivity index (χ2n) is 6.86. The summed E-state index contributed by atoms with van der Waals surface area (Å²) < 4.78 is 0. The first-order valence-electron chi connectivity index (χ1n) is 9.07. The van der Waals surface area contributed by atoms with Crippen molar-refractivity contribution in [3.05, 3.63) is 94.8 Å². The van der Waals surface area contributed by atoms with E-state index in [9.17, 15) is 9.59 Å². The maximum Gasteiger partial charge on any atom is 0.257 e. The van der Waals surface area contributed by atoms with Crippen LogP contribution in [-0.2, 0) is 6.54 Å². The van der Waals surface area contributed by atoms with Gasteiger partial charge in [-0.1, -0.05) is 36.4 Å². The zero-order valence-electron chi connectivity index (χ0n) is 16.3. The molecule has 3 rings (SSSR count). The van der Waals surface area contributed by atoms with Crippen molar-refractivity contribution in [2.75, 3.05) is 12.4 Å². The normalized spacial score (nSPS) is 10.4. The summed E-state index contributed by atoms with van der Waals surface area (Å²) in [4.78, 5) is 31.0. The van der Waals surface area contributed by atoms with Gasteiger partial charge in [0.05, 0.1) is 11.1 Å². The van der Waals surface area contributed by atoms with Gasteiger partial charge in [0.1, 0.15) is 0 Å². The van der Waals surface area contributed by atoms with Crippen molar-refractivity contribution < 1.29 is 9.59 Å². The number of hydrogen-bond donors (Lipinski definition) is 1. The van der Waals surface area contributed by atoms with E-state index >= 15 is 0 Å². The molecule has 0 aliphatic heterocycles. The lowest BCUT2D eigenvalue weighted by molar-refractivity contribution is 0.0784. The van der Waals surface area contributed by atoms with E-state index in [0.29, 0.717) is 23.4 Å². The van der Waals surface area contributed by atoms with Crippen LogP contribution in [0, 0.1) is 13.8 Å². The van der Waals surface area contributed by atoms with Crippen LogP contribution in [0.4, 0.5) is 5.69 Å². The van der Waals surface area contributed by atoms with Crippen molar-refractivity contribution in [3.63, 3.8) is 0 Å². The average molecular weight is 373 g/mol. The summed E-state index contributed by atoms with van der Waals surface area (Å²) in [6.45, 7) is 4.50. The van der Waals surface area contributed by atoms with Crippen LogP contribution in [-0.4, -0.2) is 28.7 Å². The Labute approximate surface area is 165 Å². The maximum atomic E-state index is 12.7. The van der Waals surface area contributed by atoms with Crippen LogP contribution in [0.25, 0.3) is 0 Å². The minimum Gasteiger partial charge on any atom is -0.337 e. The molecule has 5 heteroatoms. The first-order valence-corrected chi connectivity index (χ1v) is 9.07. The van der Waals surface area contributed by atoms with Crippen LogP contribution in [0.3, 0.4) is 0 Å². The van der Waals surface area contributed by atoms with E-state index in [1.807, 2.05) is 62.4 Å². The molecule has 1 heterocycles. The van der Waals surface area contributed by atoms with Gasteiger partial charge < -0.3 is 10.2 Å². The standard InChI is InChI=1S/C23H23N3O2/c1-16-9-10-21(11-17(16)2)25-22(27)19-12-20(14-24-13-19)23(28)26(3)15-18-7-5-4-6-8-18/h4-14H,15H2,1-3H3,(H,25,27). The molecule has 1 N–H and O–H groups in total. The van der Waals surface area contributed by atoms with Gasteiger partial charge in [0.2, 0.25) is 0 Å². The fraction of sp³-hybridized carbons (Fsp3) is 0.174. The first kappa shape index (κ1) is 19.3. The summed E-state index contributed by atoms with van der Waals surface area (Å²) >= 11 is 0. The van der Waals surface area contributed by atoms with E-state index in [-0.39, 0.29) is 11.8 Å². The van der Waals surface area contributed by atoms with Crippen molar-refractivity contribution in [1.29, 1.82) is 0 Å². The molecule has 3 aromatic rings. The molecule has 0 radical (unpaired) electrons. The topological polar surface area (TPSA) is 62.3 Å². The monoisotopic (exact) mass is 373 g/mol. The third-order valence-electron chi connectivity index (χ3n) is 4.62. The molecule has 0 spiro atoms. The Morgan fingerprint density at radius 3 is 2.36 bits per heavy atom. The van der Waals surface area contributed by atoms with E-state index in [4.69, 9.17) is 0 Å². The van der Waals surface area contributed by atoms with Crippen LogP contribution in [0.5, 0.6) is 0 Å². The molecule has 0 fully saturated rings. The molecule has 1 aromatic heterocycles. The fourth-order valence-corrected chi connectivity index (χ4v) is 2.85. The van der Waals surface area contributed by atoms with E-state index in [1.165, 1.54) is 12.4 Å². The maximum absolute atomic E-state index is 12.7. The Morgan fingerprint density at radius 2 is 1.64 bits per heavy atom. The minimum absolute atomic E-state index is 0.183. The molecule has 5 nitrogen and oxygen atoms in total. The van der Waals surface area contributed by atoms with E-state index in [0.717, 1.165) is 16.7 Å². The van der Waals surface area contributed by atoms with Crippen molar-refractivity contribution >= 4 is 17.5 Å². The smallest absolute Gasteiger partial charge is 0.257 e. The molecule has 0 bridgehead atoms. The van der Waals surface area contributed by atoms with Crippen LogP contribution >= 0.6 is 0 Å². The summed E-state index contributed by atoms with van der Waals surface area (Å²) in [7, 11) is 1.73. The number of nitrogens with zero attached hydrogens (tertiary/aromatic N) is 2. The highest BCUT2D eigenvalue weighted by molar-refractivity contribution is 6.05. The second-order valence-corrected chi connectivity index (χ2v) is 6.86. The van der Waals surface area contributed by atoms with E-state index < -0.39 is 0 Å². The molecular weight excluding hydrogens is 350 g/mol. The predicted octanol–water partition coefficient (Wildman–Crippen LogP) is 4.22. The van der Waals surface area contributed by atoms with Gasteiger partial charge in [0, 0.05) is 31.7 Å². The third kappa shape index (κ3) is 4.62. The van der Waals surface area contributed by atoms with Gasteiger partial charge in [-0.2, -0.15) is 0 Å². The highest BCUT2D eigenvalue weighted by atomic mass is 16.2. The van der Waals surface area contributed by atoms with Gasteiger partial charge in [-0.15, -0.1) is 0 Å². The van der Waals surface area contributed by atoms with Crippen LogP contribution in [0.1, 0.15) is 37.4 Å². The van der Waals surface area contributed by atoms with Gasteiger partial charge in [0.15, 0.2) is 0 Å². The Kier molecular flexibility index (Phi) is 5.84. The predicted molar refractivity (Wildman–Crippen MR) is 110 cm³/mol. The number of hydrogen-bond acceptors (Lipinski definition) is 3. The van der Waals surface area contributed by atoms with Gasteiger partial charge in [0.25, 0.3) is 11.8 Å². The highest BCUT2D eigenvalue weighted by Gasteiger charge is 2.15. The first-order chi connectivity index (χ1) is 13.4. The number of aryl methyl sites for hydroxylation is 2. The molecule has 0 saturated carbocycles. The molecule has 0 unspecified atom stereocenters. The average Bonchev–Trinajstić information content (AvgIpc) is 2.71. The Morgan fingerprint density at radius 1 is 0.929 bits per heavy atom. The highest BCUT2D eigenvalue weighted by Crippen LogP contribution is 2.16. The molecule has 142 valence electrons. The molecule has 0 saturated heterocycles. The van der Waals surface area contributed by atoms with Crippen LogP contribution in [0.15, 0.2) is 67.0 Å². The second kappa shape index (κ2) is 8.48. The van der Waals surface area contributed by atoms with Crippen molar-refractivity contribution in [3.8, 4) is 0 Å². The SMILES string of the molecule is Cc1ccc(NC(=O)c2cncc(C(=O)N(C)Cc3ccccc3)c2)cc1C. The molecule has 0 aliphatic carbocycles. The van der Waals surface area contributed by atoms with Gasteiger partial charge in [-0.3, -0.25) is 14.6 Å². The van der Waals surface area contributed by atoms with Gasteiger partial charge >= 0.3 is 0 Å². The summed E-state index contributed by atoms with van der Waals surface area (Å²) in [6, 6.07) is 17.1. The molecule has 2 aromatic carbocycles. The number of amides is 2. The minimum atomic E-state index is -0.295. The summed E-state index contributed by atoms with van der Waals surface area (Å²) in [5.41, 5.74) is 4.74. The molecule has 0 atom stereocenters. The van der Waals surface area contributed by atoms with E-state index in [2.05, 4.69) is 10.3 Å². The van der Waals surface area contributed by atoms with Crippen LogP contribution in [0.2, 0.25) is 0 Å². The van der Waals surface area contributed by atoms with Crippen molar-refractivity contribution in [1.82, 2.24) is 9.88 Å². The van der Waals surface area contributed by atoms with Gasteiger partial charge in [-0.25, -0.2) is 0 Å². The Hall–Kier alpha value is -3.47. The number of nitrogens with one attached hydrogen (secondary N) is 1. The number of carbonyl (C=O) groups is 2. The fourth-order valence-electron chi connectivity index (χ4n) is 2.85. The Bertz CT molecular complexity index is 1000. The number of carbonyl (C=O) groups excluding carboxylic acids is 2. The molecular formula is C23H23N3O2.